The molecule has 0 aromatic carbocycles. The lowest BCUT2D eigenvalue weighted by molar-refractivity contribution is 0.365. The molecule has 0 amide bonds. The van der Waals surface area contributed by atoms with E-state index in [2.05, 4.69) is 13.8 Å². The second kappa shape index (κ2) is 3.82. The predicted molar refractivity (Wildman–Crippen MR) is 66.3 cm³/mol. The Kier molecular flexibility index (Phi) is 2.88. The van der Waals surface area contributed by atoms with Gasteiger partial charge in [-0.1, -0.05) is 13.8 Å². The van der Waals surface area contributed by atoms with Crippen LogP contribution in [0.3, 0.4) is 0 Å². The van der Waals surface area contributed by atoms with Crippen LogP contribution < -0.4 is 0 Å². The van der Waals surface area contributed by atoms with Gasteiger partial charge in [0.15, 0.2) is 0 Å². The van der Waals surface area contributed by atoms with Gasteiger partial charge in [0, 0.05) is 22.3 Å². The van der Waals surface area contributed by atoms with E-state index in [-0.39, 0.29) is 6.04 Å². The van der Waals surface area contributed by atoms with Crippen molar-refractivity contribution in [1.29, 1.82) is 0 Å². The highest BCUT2D eigenvalue weighted by Gasteiger charge is 2.38. The molecule has 0 atom stereocenters. The molecule has 0 saturated carbocycles. The largest absolute Gasteiger partial charge is 0.244 e. The monoisotopic (exact) mass is 259 g/mol. The average molecular weight is 259 g/mol. The van der Waals surface area contributed by atoms with Crippen LogP contribution in [0.15, 0.2) is 11.0 Å². The van der Waals surface area contributed by atoms with Crippen molar-refractivity contribution in [2.75, 3.05) is 0 Å². The first-order valence-electron chi connectivity index (χ1n) is 5.48. The Balaban J connectivity index is 2.47. The lowest BCUT2D eigenvalue weighted by atomic mass is 10.2. The SMILES string of the molecule is CC(C)c1cc2c(s1)CN(C(C)C)S2(=O)=O. The molecular formula is C11H17NO2S2. The highest BCUT2D eigenvalue weighted by Crippen LogP contribution is 2.39. The van der Waals surface area contributed by atoms with E-state index in [1.807, 2.05) is 19.9 Å². The van der Waals surface area contributed by atoms with E-state index in [9.17, 15) is 8.42 Å². The third kappa shape index (κ3) is 1.71. The lowest BCUT2D eigenvalue weighted by Gasteiger charge is -2.18. The summed E-state index contributed by atoms with van der Waals surface area (Å²) < 4.78 is 26.0. The third-order valence-corrected chi connectivity index (χ3v) is 6.46. The van der Waals surface area contributed by atoms with Crippen LogP contribution in [-0.2, 0) is 16.6 Å². The molecule has 2 rings (SSSR count). The minimum Gasteiger partial charge on any atom is -0.207 e. The zero-order chi connectivity index (χ0) is 12.1. The van der Waals surface area contributed by atoms with E-state index >= 15 is 0 Å². The standard InChI is InChI=1S/C11H17NO2S2/c1-7(2)9-5-11-10(15-9)6-12(8(3)4)16(11,13)14/h5,7-8H,6H2,1-4H3. The molecule has 1 aromatic rings. The summed E-state index contributed by atoms with van der Waals surface area (Å²) in [6.45, 7) is 8.56. The fourth-order valence-electron chi connectivity index (χ4n) is 1.86. The van der Waals surface area contributed by atoms with Crippen LogP contribution in [-0.4, -0.2) is 18.8 Å². The summed E-state index contributed by atoms with van der Waals surface area (Å²) in [7, 11) is -3.21. The van der Waals surface area contributed by atoms with Crippen LogP contribution in [0.25, 0.3) is 0 Å². The van der Waals surface area contributed by atoms with Gasteiger partial charge in [0.25, 0.3) is 0 Å². The minimum atomic E-state index is -3.21. The Labute approximate surface area is 101 Å². The summed E-state index contributed by atoms with van der Waals surface area (Å²) in [5.74, 6) is 0.401. The molecule has 16 heavy (non-hydrogen) atoms. The van der Waals surface area contributed by atoms with Gasteiger partial charge in [0.2, 0.25) is 10.0 Å². The Bertz CT molecular complexity index is 500. The van der Waals surface area contributed by atoms with Crippen molar-refractivity contribution >= 4 is 21.4 Å². The number of rotatable bonds is 2. The maximum absolute atomic E-state index is 12.2. The summed E-state index contributed by atoms with van der Waals surface area (Å²) in [5, 5.41) is 0. The minimum absolute atomic E-state index is 0.0344. The van der Waals surface area contributed by atoms with Gasteiger partial charge in [-0.25, -0.2) is 8.42 Å². The first kappa shape index (κ1) is 12.1. The molecule has 0 spiro atoms. The van der Waals surface area contributed by atoms with E-state index in [0.29, 0.717) is 17.4 Å². The summed E-state index contributed by atoms with van der Waals surface area (Å²) in [6, 6.07) is 1.88. The topological polar surface area (TPSA) is 37.4 Å². The molecule has 90 valence electrons. The first-order valence-corrected chi connectivity index (χ1v) is 7.74. The fourth-order valence-corrected chi connectivity index (χ4v) is 5.25. The van der Waals surface area contributed by atoms with E-state index in [0.717, 1.165) is 9.75 Å². The zero-order valence-electron chi connectivity index (χ0n) is 10.0. The van der Waals surface area contributed by atoms with Gasteiger partial charge in [-0.3, -0.25) is 0 Å². The maximum atomic E-state index is 12.2. The predicted octanol–water partition coefficient (Wildman–Crippen LogP) is 2.78. The van der Waals surface area contributed by atoms with Crippen LogP contribution >= 0.6 is 11.3 Å². The maximum Gasteiger partial charge on any atom is 0.244 e. The van der Waals surface area contributed by atoms with Crippen LogP contribution in [0.2, 0.25) is 0 Å². The lowest BCUT2D eigenvalue weighted by Crippen LogP contribution is -2.31. The van der Waals surface area contributed by atoms with Gasteiger partial charge >= 0.3 is 0 Å². The van der Waals surface area contributed by atoms with Gasteiger partial charge in [0.1, 0.15) is 0 Å². The fraction of sp³-hybridized carbons (Fsp3) is 0.636. The van der Waals surface area contributed by atoms with Crippen molar-refractivity contribution in [3.63, 3.8) is 0 Å². The molecule has 0 radical (unpaired) electrons. The normalized spacial score (nSPS) is 19.6. The Morgan fingerprint density at radius 2 is 1.94 bits per heavy atom. The Morgan fingerprint density at radius 3 is 2.38 bits per heavy atom. The Morgan fingerprint density at radius 1 is 1.31 bits per heavy atom. The highest BCUT2D eigenvalue weighted by molar-refractivity contribution is 7.89. The first-order chi connectivity index (χ1) is 7.34. The molecule has 2 heterocycles. The number of hydrogen-bond donors (Lipinski definition) is 0. The van der Waals surface area contributed by atoms with Crippen molar-refractivity contribution in [2.45, 2.75) is 51.1 Å². The smallest absolute Gasteiger partial charge is 0.207 e. The molecule has 1 aromatic heterocycles. The molecule has 0 fully saturated rings. The van der Waals surface area contributed by atoms with Crippen LogP contribution in [0.5, 0.6) is 0 Å². The van der Waals surface area contributed by atoms with Crippen LogP contribution in [0.4, 0.5) is 0 Å². The van der Waals surface area contributed by atoms with Gasteiger partial charge < -0.3 is 0 Å². The molecule has 3 nitrogen and oxygen atoms in total. The number of fused-ring (bicyclic) bond motifs is 1. The number of sulfonamides is 1. The quantitative estimate of drug-likeness (QED) is 0.819. The second-order valence-electron chi connectivity index (χ2n) is 4.73. The summed E-state index contributed by atoms with van der Waals surface area (Å²) in [5.41, 5.74) is 0. The molecule has 0 aliphatic carbocycles. The van der Waals surface area contributed by atoms with Crippen LogP contribution in [0, 0.1) is 0 Å². The molecule has 0 N–H and O–H groups in total. The van der Waals surface area contributed by atoms with Gasteiger partial charge in [-0.15, -0.1) is 11.3 Å². The molecular weight excluding hydrogens is 242 g/mol. The van der Waals surface area contributed by atoms with Crippen molar-refractivity contribution in [3.8, 4) is 0 Å². The zero-order valence-corrected chi connectivity index (χ0v) is 11.7. The number of nitrogens with zero attached hydrogens (tertiary/aromatic N) is 1. The van der Waals surface area contributed by atoms with Crippen LogP contribution in [0.1, 0.15) is 43.4 Å². The Hall–Kier alpha value is -0.390. The van der Waals surface area contributed by atoms with Crippen molar-refractivity contribution < 1.29 is 8.42 Å². The van der Waals surface area contributed by atoms with Crippen molar-refractivity contribution in [2.24, 2.45) is 0 Å². The molecule has 0 bridgehead atoms. The van der Waals surface area contributed by atoms with Gasteiger partial charge in [-0.2, -0.15) is 4.31 Å². The molecule has 1 aliphatic rings. The van der Waals surface area contributed by atoms with Crippen molar-refractivity contribution in [3.05, 3.63) is 15.8 Å². The highest BCUT2D eigenvalue weighted by atomic mass is 32.2. The molecule has 0 unspecified atom stereocenters. The second-order valence-corrected chi connectivity index (χ2v) is 7.76. The average Bonchev–Trinajstić information content (AvgIpc) is 2.65. The number of thiophene rings is 1. The summed E-state index contributed by atoms with van der Waals surface area (Å²) in [4.78, 5) is 2.70. The van der Waals surface area contributed by atoms with E-state index < -0.39 is 10.0 Å². The molecule has 5 heteroatoms. The summed E-state index contributed by atoms with van der Waals surface area (Å²) >= 11 is 1.63. The van der Waals surface area contributed by atoms with E-state index in [1.165, 1.54) is 0 Å². The number of hydrogen-bond acceptors (Lipinski definition) is 3. The summed E-state index contributed by atoms with van der Waals surface area (Å²) in [6.07, 6.45) is 0. The third-order valence-electron chi connectivity index (χ3n) is 2.82. The molecule has 1 aliphatic heterocycles. The van der Waals surface area contributed by atoms with Gasteiger partial charge in [0.05, 0.1) is 4.90 Å². The van der Waals surface area contributed by atoms with E-state index in [1.54, 1.807) is 15.6 Å². The van der Waals surface area contributed by atoms with E-state index in [4.69, 9.17) is 0 Å². The van der Waals surface area contributed by atoms with Gasteiger partial charge in [-0.05, 0) is 25.8 Å². The van der Waals surface area contributed by atoms with Crippen molar-refractivity contribution in [1.82, 2.24) is 4.31 Å². The molecule has 0 saturated heterocycles.